The van der Waals surface area contributed by atoms with Crippen molar-refractivity contribution in [2.45, 2.75) is 39.9 Å². The molecule has 0 unspecified atom stereocenters. The number of benzene rings is 1. The number of carbonyl (C=O) groups excluding carboxylic acids is 2. The smallest absolute Gasteiger partial charge is 0.360 e. The number of nitrogens with one attached hydrogen (secondary N) is 2. The molecular weight excluding hydrogens is 533 g/mol. The minimum Gasteiger partial charge on any atom is -0.360 e. The maximum absolute atomic E-state index is 12.9. The molecule has 0 saturated heterocycles. The Kier molecular flexibility index (Phi) is 11.3. The molecule has 2 aromatic rings. The van der Waals surface area contributed by atoms with Gasteiger partial charge in [-0.2, -0.15) is 18.4 Å². The second kappa shape index (κ2) is 14.0. The van der Waals surface area contributed by atoms with E-state index in [1.54, 1.807) is 49.6 Å². The fraction of sp³-hybridized carbons (Fsp3) is 0.462. The van der Waals surface area contributed by atoms with E-state index in [0.29, 0.717) is 17.3 Å². The fourth-order valence-corrected chi connectivity index (χ4v) is 4.54. The van der Waals surface area contributed by atoms with Gasteiger partial charge in [-0.25, -0.2) is 0 Å². The van der Waals surface area contributed by atoms with Gasteiger partial charge in [-0.3, -0.25) is 23.9 Å². The van der Waals surface area contributed by atoms with Crippen LogP contribution in [0.1, 0.15) is 27.2 Å². The predicted molar refractivity (Wildman–Crippen MR) is 146 cm³/mol. The molecule has 212 valence electrons. The lowest BCUT2D eigenvalue weighted by atomic mass is 10.1. The SMILES string of the molecule is CCn1c(=O)/c(=C\Nc2cccc(N(C)C(=O)CN(C)CCC(C)C)c2)s/c1=C(/C#N)C(=O)NCC(F)(F)F. The molecular formula is C26H33F3N6O3S. The number of rotatable bonds is 11. The molecule has 0 spiro atoms. The summed E-state index contributed by atoms with van der Waals surface area (Å²) in [6.45, 7) is 5.44. The molecule has 0 aliphatic rings. The highest BCUT2D eigenvalue weighted by Crippen LogP contribution is 2.19. The van der Waals surface area contributed by atoms with Gasteiger partial charge in [0.25, 0.3) is 11.5 Å². The highest BCUT2D eigenvalue weighted by molar-refractivity contribution is 7.07. The molecule has 1 aromatic carbocycles. The number of likely N-dealkylation sites (N-methyl/N-ethyl adjacent to an activating group) is 2. The van der Waals surface area contributed by atoms with Crippen LogP contribution in [0.5, 0.6) is 0 Å². The van der Waals surface area contributed by atoms with E-state index in [-0.39, 0.29) is 28.2 Å². The summed E-state index contributed by atoms with van der Waals surface area (Å²) in [7, 11) is 3.57. The number of anilines is 2. The molecule has 2 N–H and O–H groups in total. The Hall–Kier alpha value is -3.63. The normalized spacial score (nSPS) is 12.9. The van der Waals surface area contributed by atoms with Gasteiger partial charge >= 0.3 is 6.18 Å². The number of hydrogen-bond acceptors (Lipinski definition) is 7. The summed E-state index contributed by atoms with van der Waals surface area (Å²) >= 11 is 0.814. The molecule has 0 bridgehead atoms. The molecule has 1 heterocycles. The van der Waals surface area contributed by atoms with Gasteiger partial charge in [0.2, 0.25) is 5.91 Å². The van der Waals surface area contributed by atoms with E-state index in [1.165, 1.54) is 11.1 Å². The number of halogens is 3. The summed E-state index contributed by atoms with van der Waals surface area (Å²) in [5.74, 6) is -0.761. The van der Waals surface area contributed by atoms with Gasteiger partial charge in [0.1, 0.15) is 21.8 Å². The summed E-state index contributed by atoms with van der Waals surface area (Å²) in [5.41, 5.74) is 0.123. The second-order valence-corrected chi connectivity index (χ2v) is 10.3. The molecule has 2 amide bonds. The topological polar surface area (TPSA) is 110 Å². The van der Waals surface area contributed by atoms with Crippen LogP contribution < -0.4 is 30.3 Å². The van der Waals surface area contributed by atoms with Gasteiger partial charge < -0.3 is 15.5 Å². The van der Waals surface area contributed by atoms with Gasteiger partial charge in [-0.05, 0) is 51.1 Å². The van der Waals surface area contributed by atoms with Gasteiger partial charge in [0.05, 0.1) is 6.54 Å². The first-order valence-electron chi connectivity index (χ1n) is 12.3. The largest absolute Gasteiger partial charge is 0.405 e. The average Bonchev–Trinajstić information content (AvgIpc) is 3.19. The predicted octanol–water partition coefficient (Wildman–Crippen LogP) is 2.07. The van der Waals surface area contributed by atoms with E-state index < -0.39 is 29.8 Å². The van der Waals surface area contributed by atoms with Crippen LogP contribution in [0.2, 0.25) is 0 Å². The van der Waals surface area contributed by atoms with Crippen molar-refractivity contribution in [1.29, 1.82) is 5.26 Å². The van der Waals surface area contributed by atoms with Gasteiger partial charge in [0.15, 0.2) is 5.57 Å². The molecule has 13 heteroatoms. The Morgan fingerprint density at radius 3 is 2.54 bits per heavy atom. The van der Waals surface area contributed by atoms with Crippen molar-refractivity contribution in [3.05, 3.63) is 43.8 Å². The van der Waals surface area contributed by atoms with Crippen LogP contribution in [-0.2, 0) is 16.1 Å². The third-order valence-corrected chi connectivity index (χ3v) is 6.83. The minimum absolute atomic E-state index is 0.0432. The van der Waals surface area contributed by atoms with Crippen molar-refractivity contribution in [3.8, 4) is 6.07 Å². The van der Waals surface area contributed by atoms with Crippen LogP contribution in [0.25, 0.3) is 11.8 Å². The van der Waals surface area contributed by atoms with Crippen molar-refractivity contribution in [3.63, 3.8) is 0 Å². The second-order valence-electron chi connectivity index (χ2n) is 9.32. The quantitative estimate of drug-likeness (QED) is 0.431. The van der Waals surface area contributed by atoms with Gasteiger partial charge in [-0.1, -0.05) is 19.9 Å². The summed E-state index contributed by atoms with van der Waals surface area (Å²) in [4.78, 5) is 41.4. The van der Waals surface area contributed by atoms with Crippen molar-refractivity contribution >= 4 is 46.3 Å². The first kappa shape index (κ1) is 31.6. The standard InChI is InChI=1S/C26H33F3N6O3S/c1-6-35-24(38)21(39-25(35)20(13-30)23(37)32-16-26(27,28)29)14-31-18-8-7-9-19(12-18)34(5)22(36)15-33(4)11-10-17(2)3/h7-9,12,14,17,31H,6,10-11,15-16H2,1-5H3,(H,32,37)/b21-14+,25-20-. The highest BCUT2D eigenvalue weighted by Gasteiger charge is 2.29. The Bertz CT molecular complexity index is 1390. The zero-order valence-corrected chi connectivity index (χ0v) is 23.4. The third kappa shape index (κ3) is 9.26. The minimum atomic E-state index is -4.64. The monoisotopic (exact) mass is 566 g/mol. The first-order chi connectivity index (χ1) is 18.3. The van der Waals surface area contributed by atoms with E-state index in [0.717, 1.165) is 28.9 Å². The highest BCUT2D eigenvalue weighted by atomic mass is 32.1. The van der Waals surface area contributed by atoms with Crippen LogP contribution in [0.15, 0.2) is 29.1 Å². The molecule has 0 atom stereocenters. The first-order valence-corrected chi connectivity index (χ1v) is 13.1. The number of amides is 2. The van der Waals surface area contributed by atoms with E-state index >= 15 is 0 Å². The van der Waals surface area contributed by atoms with Crippen LogP contribution >= 0.6 is 11.3 Å². The summed E-state index contributed by atoms with van der Waals surface area (Å²) in [6.07, 6.45) is -2.26. The number of hydrogen-bond donors (Lipinski definition) is 2. The maximum Gasteiger partial charge on any atom is 0.405 e. The molecule has 0 radical (unpaired) electrons. The average molecular weight is 567 g/mol. The van der Waals surface area contributed by atoms with Crippen LogP contribution in [0, 0.1) is 17.2 Å². The molecule has 0 fully saturated rings. The van der Waals surface area contributed by atoms with Crippen molar-refractivity contribution in [2.75, 3.05) is 43.9 Å². The van der Waals surface area contributed by atoms with E-state index in [4.69, 9.17) is 0 Å². The molecule has 1 aromatic heterocycles. The lowest BCUT2D eigenvalue weighted by Gasteiger charge is -2.23. The fourth-order valence-electron chi connectivity index (χ4n) is 3.45. The van der Waals surface area contributed by atoms with Crippen LogP contribution in [-0.4, -0.2) is 61.2 Å². The number of carbonyl (C=O) groups is 2. The van der Waals surface area contributed by atoms with Gasteiger partial charge in [-0.15, -0.1) is 11.3 Å². The lowest BCUT2D eigenvalue weighted by Crippen LogP contribution is -2.37. The molecule has 39 heavy (non-hydrogen) atoms. The zero-order valence-electron chi connectivity index (χ0n) is 22.6. The Balaban J connectivity index is 2.30. The van der Waals surface area contributed by atoms with E-state index in [9.17, 15) is 32.8 Å². The number of nitriles is 1. The number of nitrogens with zero attached hydrogens (tertiary/aromatic N) is 4. The maximum atomic E-state index is 12.9. The van der Waals surface area contributed by atoms with Crippen LogP contribution in [0.4, 0.5) is 24.5 Å². The third-order valence-electron chi connectivity index (χ3n) is 5.70. The summed E-state index contributed by atoms with van der Waals surface area (Å²) < 4.78 is 38.8. The molecule has 2 rings (SSSR count). The van der Waals surface area contributed by atoms with Crippen molar-refractivity contribution in [2.24, 2.45) is 5.92 Å². The van der Waals surface area contributed by atoms with Crippen molar-refractivity contribution < 1.29 is 22.8 Å². The Morgan fingerprint density at radius 2 is 1.95 bits per heavy atom. The summed E-state index contributed by atoms with van der Waals surface area (Å²) in [5, 5.41) is 14.1. The number of alkyl halides is 3. The Labute approximate surface area is 228 Å². The van der Waals surface area contributed by atoms with Crippen LogP contribution in [0.3, 0.4) is 0 Å². The van der Waals surface area contributed by atoms with Crippen molar-refractivity contribution in [1.82, 2.24) is 14.8 Å². The summed E-state index contributed by atoms with van der Waals surface area (Å²) in [6, 6.07) is 8.60. The number of thiazole rings is 1. The zero-order chi connectivity index (χ0) is 29.3. The van der Waals surface area contributed by atoms with Gasteiger partial charge in [0, 0.05) is 31.2 Å². The molecule has 9 nitrogen and oxygen atoms in total. The number of aromatic nitrogens is 1. The van der Waals surface area contributed by atoms with E-state index in [1.807, 2.05) is 11.9 Å². The molecule has 0 aliphatic heterocycles. The lowest BCUT2D eigenvalue weighted by molar-refractivity contribution is -0.135. The molecule has 0 aliphatic carbocycles. The Morgan fingerprint density at radius 1 is 1.26 bits per heavy atom. The van der Waals surface area contributed by atoms with E-state index in [2.05, 4.69) is 19.2 Å². The molecule has 0 saturated carbocycles.